The zero-order valence-electron chi connectivity index (χ0n) is 20.9. The van der Waals surface area contributed by atoms with E-state index >= 15 is 0 Å². The number of amides is 2. The number of hydrogen-bond donors (Lipinski definition) is 1. The molecule has 2 aromatic carbocycles. The van der Waals surface area contributed by atoms with Crippen LogP contribution in [0.4, 0.5) is 4.79 Å². The fourth-order valence-corrected chi connectivity index (χ4v) is 5.48. The smallest absolute Gasteiger partial charge is 0.407 e. The first-order valence-electron chi connectivity index (χ1n) is 12.2. The summed E-state index contributed by atoms with van der Waals surface area (Å²) in [5.74, 6) is 1.06. The molecular formula is C27H35BrClN3O4. The van der Waals surface area contributed by atoms with E-state index in [9.17, 15) is 9.59 Å². The van der Waals surface area contributed by atoms with Crippen molar-refractivity contribution >= 4 is 40.3 Å². The van der Waals surface area contributed by atoms with E-state index in [1.165, 1.54) is 7.11 Å². The van der Waals surface area contributed by atoms with Crippen LogP contribution in [0.2, 0.25) is 0 Å². The van der Waals surface area contributed by atoms with E-state index in [1.807, 2.05) is 41.3 Å². The van der Waals surface area contributed by atoms with E-state index in [0.29, 0.717) is 12.5 Å². The van der Waals surface area contributed by atoms with Crippen molar-refractivity contribution in [2.45, 2.75) is 38.3 Å². The average molecular weight is 581 g/mol. The van der Waals surface area contributed by atoms with Crippen LogP contribution >= 0.6 is 28.3 Å². The van der Waals surface area contributed by atoms with Gasteiger partial charge < -0.3 is 24.6 Å². The second kappa shape index (κ2) is 12.8. The summed E-state index contributed by atoms with van der Waals surface area (Å²) < 4.78 is 11.2. The Hall–Kier alpha value is -2.29. The topological polar surface area (TPSA) is 71.1 Å². The Balaban J connectivity index is 0.00000361. The van der Waals surface area contributed by atoms with Crippen LogP contribution in [-0.4, -0.2) is 62.2 Å². The number of rotatable bonds is 8. The highest BCUT2D eigenvalue weighted by molar-refractivity contribution is 9.10. The number of nitrogens with one attached hydrogen (secondary N) is 1. The number of alkyl carbamates (subject to hydrolysis) is 1. The lowest BCUT2D eigenvalue weighted by molar-refractivity contribution is -0.138. The van der Waals surface area contributed by atoms with Gasteiger partial charge in [-0.05, 0) is 74.2 Å². The summed E-state index contributed by atoms with van der Waals surface area (Å²) in [4.78, 5) is 29.7. The quantitative estimate of drug-likeness (QED) is 0.466. The van der Waals surface area contributed by atoms with Gasteiger partial charge in [0.25, 0.3) is 0 Å². The lowest BCUT2D eigenvalue weighted by atomic mass is 9.77. The summed E-state index contributed by atoms with van der Waals surface area (Å²) in [6, 6.07) is 15.8. The molecule has 1 spiro atoms. The normalized spacial score (nSPS) is 18.0. The van der Waals surface area contributed by atoms with Gasteiger partial charge in [0.1, 0.15) is 5.75 Å². The summed E-state index contributed by atoms with van der Waals surface area (Å²) in [5.41, 5.74) is 1.93. The van der Waals surface area contributed by atoms with Gasteiger partial charge in [0.15, 0.2) is 0 Å². The lowest BCUT2D eigenvalue weighted by Crippen LogP contribution is -2.45. The molecule has 2 heterocycles. The highest BCUT2D eigenvalue weighted by Crippen LogP contribution is 2.42. The van der Waals surface area contributed by atoms with Gasteiger partial charge >= 0.3 is 6.09 Å². The molecule has 2 amide bonds. The summed E-state index contributed by atoms with van der Waals surface area (Å²) in [7, 11) is 3.01. The Bertz CT molecular complexity index is 1030. The van der Waals surface area contributed by atoms with Gasteiger partial charge in [-0.3, -0.25) is 4.79 Å². The molecule has 36 heavy (non-hydrogen) atoms. The minimum atomic E-state index is -0.446. The van der Waals surface area contributed by atoms with Gasteiger partial charge in [-0.2, -0.15) is 0 Å². The van der Waals surface area contributed by atoms with Crippen LogP contribution in [0.15, 0.2) is 53.0 Å². The molecule has 1 unspecified atom stereocenters. The standard InChI is InChI=1S/C27H34BrN3O4.ClH/c1-34-23-5-3-4-21(18-23)24(29-26(33)35-2)10-14-30-15-11-27(12-16-30)13-17-31(25(27)32)19-20-6-8-22(28)9-7-20;/h3-9,18,24H,10-17,19H2,1-2H3,(H,29,33);1H. The Morgan fingerprint density at radius 1 is 1.08 bits per heavy atom. The molecule has 0 bridgehead atoms. The monoisotopic (exact) mass is 579 g/mol. The molecule has 196 valence electrons. The van der Waals surface area contributed by atoms with Gasteiger partial charge in [-0.25, -0.2) is 4.79 Å². The van der Waals surface area contributed by atoms with Crippen molar-refractivity contribution in [2.24, 2.45) is 5.41 Å². The first-order chi connectivity index (χ1) is 16.9. The first-order valence-corrected chi connectivity index (χ1v) is 13.0. The number of carbonyl (C=O) groups is 2. The predicted octanol–water partition coefficient (Wildman–Crippen LogP) is 5.18. The molecule has 2 saturated heterocycles. The Morgan fingerprint density at radius 2 is 1.78 bits per heavy atom. The van der Waals surface area contributed by atoms with Crippen molar-refractivity contribution in [1.82, 2.24) is 15.1 Å². The third-order valence-electron chi connectivity index (χ3n) is 7.41. The molecule has 9 heteroatoms. The average Bonchev–Trinajstić information content (AvgIpc) is 3.18. The van der Waals surface area contributed by atoms with Gasteiger partial charge in [-0.15, -0.1) is 12.4 Å². The second-order valence-corrected chi connectivity index (χ2v) is 10.4. The molecule has 1 N–H and O–H groups in total. The molecule has 0 radical (unpaired) electrons. The van der Waals surface area contributed by atoms with Crippen molar-refractivity contribution < 1.29 is 19.1 Å². The first kappa shape index (κ1) is 28.3. The molecule has 0 saturated carbocycles. The van der Waals surface area contributed by atoms with Gasteiger partial charge in [-0.1, -0.05) is 40.2 Å². The van der Waals surface area contributed by atoms with Crippen LogP contribution in [0.5, 0.6) is 5.75 Å². The number of piperidine rings is 1. The third-order valence-corrected chi connectivity index (χ3v) is 7.94. The molecule has 2 aliphatic rings. The largest absolute Gasteiger partial charge is 0.497 e. The molecule has 4 rings (SSSR count). The van der Waals surface area contributed by atoms with Gasteiger partial charge in [0, 0.05) is 24.1 Å². The maximum Gasteiger partial charge on any atom is 0.407 e. The van der Waals surface area contributed by atoms with Crippen LogP contribution in [0.25, 0.3) is 0 Å². The SMILES string of the molecule is COC(=O)NC(CCN1CCC2(CC1)CCN(Cc1ccc(Br)cc1)C2=O)c1cccc(OC)c1.Cl. The molecule has 0 aliphatic carbocycles. The fraction of sp³-hybridized carbons (Fsp3) is 0.481. The highest BCUT2D eigenvalue weighted by Gasteiger charge is 2.47. The molecule has 7 nitrogen and oxygen atoms in total. The number of benzene rings is 2. The third kappa shape index (κ3) is 6.72. The summed E-state index contributed by atoms with van der Waals surface area (Å²) in [6.45, 7) is 4.12. The van der Waals surface area contributed by atoms with Crippen LogP contribution in [0.3, 0.4) is 0 Å². The van der Waals surface area contributed by atoms with E-state index in [1.54, 1.807) is 7.11 Å². The molecular weight excluding hydrogens is 546 g/mol. The predicted molar refractivity (Wildman–Crippen MR) is 145 cm³/mol. The van der Waals surface area contributed by atoms with E-state index in [-0.39, 0.29) is 23.9 Å². The van der Waals surface area contributed by atoms with E-state index in [4.69, 9.17) is 9.47 Å². The molecule has 2 aromatic rings. The number of ether oxygens (including phenoxy) is 2. The number of methoxy groups -OCH3 is 2. The molecule has 0 aromatic heterocycles. The number of halogens is 2. The van der Waals surface area contributed by atoms with Crippen LogP contribution in [0.1, 0.15) is 42.9 Å². The number of hydrogen-bond acceptors (Lipinski definition) is 5. The molecule has 1 atom stereocenters. The van der Waals surface area contributed by atoms with Crippen LogP contribution < -0.4 is 10.1 Å². The number of carbonyl (C=O) groups excluding carboxylic acids is 2. The number of nitrogens with zero attached hydrogens (tertiary/aromatic N) is 2. The maximum absolute atomic E-state index is 13.4. The fourth-order valence-electron chi connectivity index (χ4n) is 5.22. The zero-order valence-corrected chi connectivity index (χ0v) is 23.3. The number of likely N-dealkylation sites (tertiary alicyclic amines) is 2. The van der Waals surface area contributed by atoms with E-state index in [2.05, 4.69) is 38.3 Å². The Kier molecular flexibility index (Phi) is 10.0. The van der Waals surface area contributed by atoms with E-state index < -0.39 is 6.09 Å². The van der Waals surface area contributed by atoms with Crippen LogP contribution in [-0.2, 0) is 16.1 Å². The lowest BCUT2D eigenvalue weighted by Gasteiger charge is -2.38. The summed E-state index contributed by atoms with van der Waals surface area (Å²) in [5, 5.41) is 2.95. The van der Waals surface area contributed by atoms with E-state index in [0.717, 1.165) is 73.2 Å². The summed E-state index contributed by atoms with van der Waals surface area (Å²) >= 11 is 3.47. The zero-order chi connectivity index (χ0) is 24.8. The highest BCUT2D eigenvalue weighted by atomic mass is 79.9. The van der Waals surface area contributed by atoms with Crippen molar-refractivity contribution in [3.05, 3.63) is 64.1 Å². The summed E-state index contributed by atoms with van der Waals surface area (Å²) in [6.07, 6.45) is 3.01. The van der Waals surface area contributed by atoms with Crippen LogP contribution in [0, 0.1) is 5.41 Å². The van der Waals surface area contributed by atoms with Crippen molar-refractivity contribution in [1.29, 1.82) is 0 Å². The van der Waals surface area contributed by atoms with Gasteiger partial charge in [0.2, 0.25) is 5.91 Å². The maximum atomic E-state index is 13.4. The minimum absolute atomic E-state index is 0. The second-order valence-electron chi connectivity index (χ2n) is 9.48. The van der Waals surface area contributed by atoms with Crippen molar-refractivity contribution in [3.63, 3.8) is 0 Å². The van der Waals surface area contributed by atoms with Crippen molar-refractivity contribution in [2.75, 3.05) is 40.4 Å². The van der Waals surface area contributed by atoms with Crippen molar-refractivity contribution in [3.8, 4) is 5.75 Å². The minimum Gasteiger partial charge on any atom is -0.497 e. The Morgan fingerprint density at radius 3 is 2.44 bits per heavy atom. The Labute approximate surface area is 228 Å². The van der Waals surface area contributed by atoms with Gasteiger partial charge in [0.05, 0.1) is 25.7 Å². The molecule has 2 fully saturated rings. The molecule has 2 aliphatic heterocycles.